The number of para-hydroxylation sites is 1. The zero-order chi connectivity index (χ0) is 14.7. The highest BCUT2D eigenvalue weighted by atomic mass is 32.2. The molecule has 0 unspecified atom stereocenters. The molecule has 1 aliphatic heterocycles. The Kier molecular flexibility index (Phi) is 3.87. The summed E-state index contributed by atoms with van der Waals surface area (Å²) in [6.45, 7) is 0.661. The smallest absolute Gasteiger partial charge is 0.417 e. The molecule has 1 aliphatic rings. The first kappa shape index (κ1) is 13.6. The topological polar surface area (TPSA) is 59.0 Å². The number of fused-ring (bicyclic) bond motifs is 1. The van der Waals surface area contributed by atoms with Gasteiger partial charge >= 0.3 is 6.09 Å². The minimum atomic E-state index is -0.981. The van der Waals surface area contributed by atoms with E-state index in [4.69, 9.17) is 14.6 Å². The van der Waals surface area contributed by atoms with E-state index in [1.54, 1.807) is 12.1 Å². The van der Waals surface area contributed by atoms with Gasteiger partial charge in [0.1, 0.15) is 23.9 Å². The highest BCUT2D eigenvalue weighted by molar-refractivity contribution is 7.97. The Hall–Kier alpha value is -2.34. The number of rotatable bonds is 2. The minimum Gasteiger partial charge on any atom is -0.490 e. The van der Waals surface area contributed by atoms with Gasteiger partial charge in [0.2, 0.25) is 0 Å². The molecule has 3 rings (SSSR count). The van der Waals surface area contributed by atoms with Gasteiger partial charge in [0, 0.05) is 0 Å². The maximum atomic E-state index is 11.1. The first-order valence-corrected chi connectivity index (χ1v) is 7.18. The third-order valence-corrected chi connectivity index (χ3v) is 3.94. The molecular weight excluding hydrogens is 290 g/mol. The number of amides is 1. The van der Waals surface area contributed by atoms with Crippen molar-refractivity contribution in [2.75, 3.05) is 13.2 Å². The standard InChI is InChI=1S/C15H13NO4S/c17-15(18)16-8-9-19-13-7-6-12(10-14(13)21-16)20-11-4-2-1-3-5-11/h1-7,10H,8-9H2,(H,17,18). The molecule has 6 heteroatoms. The molecule has 5 nitrogen and oxygen atoms in total. The molecule has 0 radical (unpaired) electrons. The predicted octanol–water partition coefficient (Wildman–Crippen LogP) is 3.86. The Morgan fingerprint density at radius 2 is 2.00 bits per heavy atom. The van der Waals surface area contributed by atoms with Crippen molar-refractivity contribution >= 4 is 18.0 Å². The van der Waals surface area contributed by atoms with Crippen LogP contribution in [0.3, 0.4) is 0 Å². The Bertz CT molecular complexity index is 647. The number of nitrogens with zero attached hydrogens (tertiary/aromatic N) is 1. The van der Waals surface area contributed by atoms with E-state index < -0.39 is 6.09 Å². The molecule has 0 atom stereocenters. The molecular formula is C15H13NO4S. The van der Waals surface area contributed by atoms with Gasteiger partial charge in [-0.15, -0.1) is 0 Å². The second-order valence-electron chi connectivity index (χ2n) is 4.35. The number of hydrogen-bond donors (Lipinski definition) is 1. The summed E-state index contributed by atoms with van der Waals surface area (Å²) >= 11 is 1.14. The van der Waals surface area contributed by atoms with Crippen molar-refractivity contribution in [3.8, 4) is 17.2 Å². The van der Waals surface area contributed by atoms with Crippen molar-refractivity contribution in [2.45, 2.75) is 4.90 Å². The van der Waals surface area contributed by atoms with Gasteiger partial charge in [-0.3, -0.25) is 0 Å². The number of ether oxygens (including phenoxy) is 2. The second kappa shape index (κ2) is 5.97. The van der Waals surface area contributed by atoms with Crippen molar-refractivity contribution in [1.82, 2.24) is 4.31 Å². The molecule has 0 fully saturated rings. The average Bonchev–Trinajstić information content (AvgIpc) is 2.70. The third-order valence-electron chi connectivity index (χ3n) is 2.87. The van der Waals surface area contributed by atoms with Gasteiger partial charge in [-0.05, 0) is 42.3 Å². The van der Waals surface area contributed by atoms with E-state index >= 15 is 0 Å². The number of benzene rings is 2. The van der Waals surface area contributed by atoms with Gasteiger partial charge < -0.3 is 14.6 Å². The Balaban J connectivity index is 1.84. The Labute approximate surface area is 126 Å². The van der Waals surface area contributed by atoms with Crippen LogP contribution in [0.4, 0.5) is 4.79 Å². The van der Waals surface area contributed by atoms with Gasteiger partial charge in [0.15, 0.2) is 0 Å². The van der Waals surface area contributed by atoms with Crippen LogP contribution in [-0.4, -0.2) is 28.7 Å². The first-order chi connectivity index (χ1) is 10.2. The van der Waals surface area contributed by atoms with Crippen molar-refractivity contribution in [2.24, 2.45) is 0 Å². The van der Waals surface area contributed by atoms with E-state index in [0.717, 1.165) is 22.6 Å². The minimum absolute atomic E-state index is 0.323. The molecule has 0 spiro atoms. The van der Waals surface area contributed by atoms with Crippen LogP contribution in [0.25, 0.3) is 0 Å². The van der Waals surface area contributed by atoms with Gasteiger partial charge in [-0.25, -0.2) is 9.10 Å². The van der Waals surface area contributed by atoms with Gasteiger partial charge in [-0.1, -0.05) is 18.2 Å². The normalized spacial score (nSPS) is 13.8. The van der Waals surface area contributed by atoms with Crippen molar-refractivity contribution in [3.05, 3.63) is 48.5 Å². The summed E-state index contributed by atoms with van der Waals surface area (Å²) in [7, 11) is 0. The van der Waals surface area contributed by atoms with Crippen LogP contribution < -0.4 is 9.47 Å². The van der Waals surface area contributed by atoms with E-state index in [1.807, 2.05) is 36.4 Å². The van der Waals surface area contributed by atoms with Crippen molar-refractivity contribution in [1.29, 1.82) is 0 Å². The third kappa shape index (κ3) is 3.22. The van der Waals surface area contributed by atoms with E-state index in [1.165, 1.54) is 4.31 Å². The zero-order valence-electron chi connectivity index (χ0n) is 11.1. The molecule has 21 heavy (non-hydrogen) atoms. The van der Waals surface area contributed by atoms with Crippen LogP contribution in [0.15, 0.2) is 53.4 Å². The summed E-state index contributed by atoms with van der Waals surface area (Å²) in [5.74, 6) is 2.04. The van der Waals surface area contributed by atoms with Gasteiger partial charge in [0.05, 0.1) is 11.4 Å². The van der Waals surface area contributed by atoms with E-state index in [2.05, 4.69) is 0 Å². The first-order valence-electron chi connectivity index (χ1n) is 6.40. The van der Waals surface area contributed by atoms with Crippen LogP contribution in [0.5, 0.6) is 17.2 Å². The quantitative estimate of drug-likeness (QED) is 0.854. The number of hydrogen-bond acceptors (Lipinski definition) is 4. The fourth-order valence-electron chi connectivity index (χ4n) is 1.90. The predicted molar refractivity (Wildman–Crippen MR) is 79.0 cm³/mol. The van der Waals surface area contributed by atoms with E-state index in [0.29, 0.717) is 24.7 Å². The summed E-state index contributed by atoms with van der Waals surface area (Å²) in [4.78, 5) is 11.8. The molecule has 0 saturated heterocycles. The highest BCUT2D eigenvalue weighted by Gasteiger charge is 2.20. The Morgan fingerprint density at radius 1 is 1.19 bits per heavy atom. The summed E-state index contributed by atoms with van der Waals surface area (Å²) in [5.41, 5.74) is 0. The van der Waals surface area contributed by atoms with Crippen molar-refractivity contribution < 1.29 is 19.4 Å². The number of carbonyl (C=O) groups is 1. The van der Waals surface area contributed by atoms with Crippen LogP contribution in [0.1, 0.15) is 0 Å². The van der Waals surface area contributed by atoms with E-state index in [9.17, 15) is 4.79 Å². The van der Waals surface area contributed by atoms with Crippen molar-refractivity contribution in [3.63, 3.8) is 0 Å². The molecule has 1 N–H and O–H groups in total. The summed E-state index contributed by atoms with van der Waals surface area (Å²) < 4.78 is 12.5. The molecule has 0 saturated carbocycles. The largest absolute Gasteiger partial charge is 0.490 e. The maximum absolute atomic E-state index is 11.1. The van der Waals surface area contributed by atoms with Gasteiger partial charge in [-0.2, -0.15) is 0 Å². The van der Waals surface area contributed by atoms with E-state index in [-0.39, 0.29) is 0 Å². The SMILES string of the molecule is O=C(O)N1CCOc2ccc(Oc3ccccc3)cc2S1. The maximum Gasteiger partial charge on any atom is 0.417 e. The molecule has 2 aromatic carbocycles. The second-order valence-corrected chi connectivity index (χ2v) is 5.41. The summed E-state index contributed by atoms with van der Waals surface area (Å²) in [6.07, 6.45) is -0.981. The molecule has 0 aromatic heterocycles. The molecule has 108 valence electrons. The summed E-state index contributed by atoms with van der Waals surface area (Å²) in [5, 5.41) is 9.11. The molecule has 0 aliphatic carbocycles. The monoisotopic (exact) mass is 303 g/mol. The zero-order valence-corrected chi connectivity index (χ0v) is 11.9. The summed E-state index contributed by atoms with van der Waals surface area (Å²) in [6, 6.07) is 14.8. The van der Waals surface area contributed by atoms with Gasteiger partial charge in [0.25, 0.3) is 0 Å². The molecule has 1 amide bonds. The fourth-order valence-corrected chi connectivity index (χ4v) is 2.77. The van der Waals surface area contributed by atoms with Crippen LogP contribution in [-0.2, 0) is 0 Å². The lowest BCUT2D eigenvalue weighted by Gasteiger charge is -2.13. The lowest BCUT2D eigenvalue weighted by Crippen LogP contribution is -2.25. The number of carboxylic acid groups (broad SMARTS) is 1. The highest BCUT2D eigenvalue weighted by Crippen LogP contribution is 2.37. The van der Waals surface area contributed by atoms with Crippen LogP contribution >= 0.6 is 11.9 Å². The van der Waals surface area contributed by atoms with Crippen LogP contribution in [0, 0.1) is 0 Å². The molecule has 0 bridgehead atoms. The lowest BCUT2D eigenvalue weighted by molar-refractivity contribution is 0.170. The lowest BCUT2D eigenvalue weighted by atomic mass is 10.3. The Morgan fingerprint density at radius 3 is 2.76 bits per heavy atom. The molecule has 1 heterocycles. The fraction of sp³-hybridized carbons (Fsp3) is 0.133. The molecule has 2 aromatic rings. The van der Waals surface area contributed by atoms with Crippen LogP contribution in [0.2, 0.25) is 0 Å². The average molecular weight is 303 g/mol.